The first-order chi connectivity index (χ1) is 14.8. The van der Waals surface area contributed by atoms with E-state index >= 15 is 0 Å². The van der Waals surface area contributed by atoms with Gasteiger partial charge in [-0.1, -0.05) is 23.8 Å². The Kier molecular flexibility index (Phi) is 6.65. The van der Waals surface area contributed by atoms with E-state index < -0.39 is 17.7 Å². The number of carbonyl (C=O) groups is 2. The number of rotatable bonds is 7. The highest BCUT2D eigenvalue weighted by Crippen LogP contribution is 2.42. The Labute approximate surface area is 181 Å². The largest absolute Gasteiger partial charge is 0.507 e. The van der Waals surface area contributed by atoms with Gasteiger partial charge in [-0.15, -0.1) is 0 Å². The number of aliphatic hydroxyl groups is 1. The van der Waals surface area contributed by atoms with Gasteiger partial charge in [-0.3, -0.25) is 9.59 Å². The summed E-state index contributed by atoms with van der Waals surface area (Å²) in [5, 5.41) is 21.3. The maximum Gasteiger partial charge on any atom is 0.295 e. The summed E-state index contributed by atoms with van der Waals surface area (Å²) >= 11 is 0. The molecule has 0 bridgehead atoms. The van der Waals surface area contributed by atoms with Gasteiger partial charge in [-0.25, -0.2) is 0 Å². The van der Waals surface area contributed by atoms with Crippen LogP contribution in [0, 0.1) is 13.8 Å². The topological polar surface area (TPSA) is 96.3 Å². The third-order valence-electron chi connectivity index (χ3n) is 5.32. The summed E-state index contributed by atoms with van der Waals surface area (Å²) in [4.78, 5) is 27.3. The molecule has 1 fully saturated rings. The molecule has 0 aromatic heterocycles. The highest BCUT2D eigenvalue weighted by molar-refractivity contribution is 6.46. The fourth-order valence-corrected chi connectivity index (χ4v) is 3.75. The van der Waals surface area contributed by atoms with Crippen LogP contribution in [0.4, 0.5) is 0 Å². The van der Waals surface area contributed by atoms with Gasteiger partial charge in [0.25, 0.3) is 11.7 Å². The molecule has 3 rings (SSSR count). The molecule has 1 heterocycles. The molecule has 0 aliphatic carbocycles. The lowest BCUT2D eigenvalue weighted by Crippen LogP contribution is -2.32. The van der Waals surface area contributed by atoms with Crippen LogP contribution in [0.1, 0.15) is 35.2 Å². The number of hydrogen-bond donors (Lipinski definition) is 2. The molecule has 2 aromatic rings. The molecule has 1 atom stereocenters. The smallest absolute Gasteiger partial charge is 0.295 e. The van der Waals surface area contributed by atoms with Gasteiger partial charge >= 0.3 is 0 Å². The van der Waals surface area contributed by atoms with Gasteiger partial charge in [0.1, 0.15) is 5.76 Å². The number of nitrogens with zero attached hydrogens (tertiary/aromatic N) is 1. The van der Waals surface area contributed by atoms with E-state index in [4.69, 9.17) is 9.47 Å². The second-order valence-corrected chi connectivity index (χ2v) is 7.46. The standard InChI is InChI=1S/C24H27NO6/c1-5-31-19-13-16(8-9-18(19)26)21-20(23(28)24(29)25(21)10-11-30-4)22(27)17-12-14(2)6-7-15(17)3/h6-9,12-13,21,26-27H,5,10-11H2,1-4H3/b22-20-. The van der Waals surface area contributed by atoms with Crippen LogP contribution in [0.5, 0.6) is 11.5 Å². The minimum Gasteiger partial charge on any atom is -0.507 e. The summed E-state index contributed by atoms with van der Waals surface area (Å²) in [6.07, 6.45) is 0. The number of ether oxygens (including phenoxy) is 2. The Morgan fingerprint density at radius 1 is 1.13 bits per heavy atom. The van der Waals surface area contributed by atoms with Crippen molar-refractivity contribution in [1.82, 2.24) is 4.90 Å². The average Bonchev–Trinajstić information content (AvgIpc) is 3.00. The number of likely N-dealkylation sites (tertiary alicyclic amines) is 1. The molecule has 31 heavy (non-hydrogen) atoms. The van der Waals surface area contributed by atoms with Gasteiger partial charge in [0, 0.05) is 19.2 Å². The van der Waals surface area contributed by atoms with E-state index in [0.29, 0.717) is 17.7 Å². The number of Topliss-reactive ketones (excluding diaryl/α,β-unsaturated/α-hetero) is 1. The Morgan fingerprint density at radius 3 is 2.55 bits per heavy atom. The number of aromatic hydroxyl groups is 1. The zero-order valence-corrected chi connectivity index (χ0v) is 18.1. The Balaban J connectivity index is 2.23. The molecule has 0 saturated carbocycles. The number of carbonyl (C=O) groups excluding carboxylic acids is 2. The first kappa shape index (κ1) is 22.4. The summed E-state index contributed by atoms with van der Waals surface area (Å²) in [6.45, 7) is 6.24. The molecular weight excluding hydrogens is 398 g/mol. The van der Waals surface area contributed by atoms with E-state index in [0.717, 1.165) is 11.1 Å². The number of phenols is 1. The molecule has 1 aliphatic rings. The molecule has 7 heteroatoms. The van der Waals surface area contributed by atoms with Crippen LogP contribution in [-0.4, -0.2) is 53.7 Å². The first-order valence-electron chi connectivity index (χ1n) is 10.1. The van der Waals surface area contributed by atoms with Gasteiger partial charge in [0.2, 0.25) is 0 Å². The molecule has 7 nitrogen and oxygen atoms in total. The maximum atomic E-state index is 13.0. The first-order valence-corrected chi connectivity index (χ1v) is 10.1. The van der Waals surface area contributed by atoms with Crippen molar-refractivity contribution in [2.75, 3.05) is 26.9 Å². The van der Waals surface area contributed by atoms with E-state index in [1.54, 1.807) is 25.1 Å². The lowest BCUT2D eigenvalue weighted by molar-refractivity contribution is -0.140. The maximum absolute atomic E-state index is 13.0. The predicted octanol–water partition coefficient (Wildman–Crippen LogP) is 3.48. The summed E-state index contributed by atoms with van der Waals surface area (Å²) in [6, 6.07) is 9.37. The molecule has 164 valence electrons. The molecule has 0 spiro atoms. The average molecular weight is 425 g/mol. The normalized spacial score (nSPS) is 17.9. The van der Waals surface area contributed by atoms with E-state index in [1.807, 2.05) is 26.0 Å². The molecule has 2 N–H and O–H groups in total. The zero-order valence-electron chi connectivity index (χ0n) is 18.1. The second kappa shape index (κ2) is 9.22. The lowest BCUT2D eigenvalue weighted by Gasteiger charge is -2.25. The van der Waals surface area contributed by atoms with Crippen LogP contribution in [0.3, 0.4) is 0 Å². The number of amides is 1. The fourth-order valence-electron chi connectivity index (χ4n) is 3.75. The monoisotopic (exact) mass is 425 g/mol. The second-order valence-electron chi connectivity index (χ2n) is 7.46. The molecule has 2 aromatic carbocycles. The summed E-state index contributed by atoms with van der Waals surface area (Å²) in [5.74, 6) is -1.50. The molecule has 1 unspecified atom stereocenters. The highest BCUT2D eigenvalue weighted by atomic mass is 16.5. The van der Waals surface area contributed by atoms with Crippen LogP contribution >= 0.6 is 0 Å². The number of benzene rings is 2. The van der Waals surface area contributed by atoms with Crippen LogP contribution in [-0.2, 0) is 14.3 Å². The third-order valence-corrected chi connectivity index (χ3v) is 5.32. The SMILES string of the molecule is CCOc1cc(C2/C(=C(/O)c3cc(C)ccc3C)C(=O)C(=O)N2CCOC)ccc1O. The van der Waals surface area contributed by atoms with Gasteiger partial charge in [-0.05, 0) is 50.1 Å². The lowest BCUT2D eigenvalue weighted by atomic mass is 9.93. The molecule has 0 radical (unpaired) electrons. The van der Waals surface area contributed by atoms with Crippen molar-refractivity contribution >= 4 is 17.4 Å². The summed E-state index contributed by atoms with van der Waals surface area (Å²) in [5.41, 5.74) is 2.75. The Bertz CT molecular complexity index is 1040. The van der Waals surface area contributed by atoms with E-state index in [9.17, 15) is 19.8 Å². The van der Waals surface area contributed by atoms with Crippen molar-refractivity contribution < 1.29 is 29.3 Å². The Morgan fingerprint density at radius 2 is 1.87 bits per heavy atom. The number of aliphatic hydroxyl groups excluding tert-OH is 1. The number of aryl methyl sites for hydroxylation is 2. The van der Waals surface area contributed by atoms with E-state index in [2.05, 4.69) is 0 Å². The summed E-state index contributed by atoms with van der Waals surface area (Å²) in [7, 11) is 1.51. The number of hydrogen-bond acceptors (Lipinski definition) is 6. The van der Waals surface area contributed by atoms with Crippen LogP contribution in [0.25, 0.3) is 5.76 Å². The van der Waals surface area contributed by atoms with Crippen molar-refractivity contribution in [3.63, 3.8) is 0 Å². The van der Waals surface area contributed by atoms with Crippen LogP contribution in [0.2, 0.25) is 0 Å². The molecule has 1 aliphatic heterocycles. The van der Waals surface area contributed by atoms with Crippen LogP contribution in [0.15, 0.2) is 42.0 Å². The number of phenolic OH excluding ortho intramolecular Hbond substituents is 1. The quantitative estimate of drug-likeness (QED) is 0.401. The van der Waals surface area contributed by atoms with E-state index in [-0.39, 0.29) is 36.0 Å². The van der Waals surface area contributed by atoms with Crippen molar-refractivity contribution in [3.05, 3.63) is 64.2 Å². The number of ketones is 1. The molecule has 1 amide bonds. The summed E-state index contributed by atoms with van der Waals surface area (Å²) < 4.78 is 10.6. The minimum atomic E-state index is -0.838. The van der Waals surface area contributed by atoms with Gasteiger partial charge < -0.3 is 24.6 Å². The van der Waals surface area contributed by atoms with Gasteiger partial charge in [0.15, 0.2) is 11.5 Å². The minimum absolute atomic E-state index is 0.00272. The van der Waals surface area contributed by atoms with Crippen molar-refractivity contribution in [3.8, 4) is 11.5 Å². The highest BCUT2D eigenvalue weighted by Gasteiger charge is 2.46. The number of methoxy groups -OCH3 is 1. The van der Waals surface area contributed by atoms with Crippen LogP contribution < -0.4 is 4.74 Å². The van der Waals surface area contributed by atoms with E-state index in [1.165, 1.54) is 18.1 Å². The van der Waals surface area contributed by atoms with Gasteiger partial charge in [0.05, 0.1) is 24.8 Å². The molecule has 1 saturated heterocycles. The van der Waals surface area contributed by atoms with Gasteiger partial charge in [-0.2, -0.15) is 0 Å². The van der Waals surface area contributed by atoms with Crippen molar-refractivity contribution in [1.29, 1.82) is 0 Å². The predicted molar refractivity (Wildman–Crippen MR) is 116 cm³/mol. The zero-order chi connectivity index (χ0) is 22.7. The Hall–Kier alpha value is -3.32. The molecular formula is C24H27NO6. The third kappa shape index (κ3) is 4.27. The van der Waals surface area contributed by atoms with Crippen molar-refractivity contribution in [2.24, 2.45) is 0 Å². The fraction of sp³-hybridized carbons (Fsp3) is 0.333. The van der Waals surface area contributed by atoms with Crippen molar-refractivity contribution in [2.45, 2.75) is 26.8 Å².